The molecule has 2 unspecified atom stereocenters. The minimum absolute atomic E-state index is 0.552. The summed E-state index contributed by atoms with van der Waals surface area (Å²) in [7, 11) is -1.61. The Labute approximate surface area is 114 Å². The van der Waals surface area contributed by atoms with E-state index in [2.05, 4.69) is 0 Å². The number of rotatable bonds is 4. The van der Waals surface area contributed by atoms with E-state index in [1.807, 2.05) is 19.1 Å². The van der Waals surface area contributed by atoms with E-state index in [0.29, 0.717) is 10.5 Å². The van der Waals surface area contributed by atoms with Crippen LogP contribution in [-0.2, 0) is 15.6 Å². The molecular formula is C15H14O3S. The molecule has 0 spiro atoms. The molecule has 0 amide bonds. The van der Waals surface area contributed by atoms with Crippen LogP contribution in [0.3, 0.4) is 0 Å². The highest BCUT2D eigenvalue weighted by molar-refractivity contribution is 7.86. The molecule has 19 heavy (non-hydrogen) atoms. The van der Waals surface area contributed by atoms with Crippen molar-refractivity contribution in [2.45, 2.75) is 17.1 Å². The van der Waals surface area contributed by atoms with Crippen LogP contribution in [0.4, 0.5) is 0 Å². The Morgan fingerprint density at radius 3 is 2.21 bits per heavy atom. The van der Waals surface area contributed by atoms with Crippen molar-refractivity contribution in [1.29, 1.82) is 0 Å². The molecule has 2 atom stereocenters. The minimum atomic E-state index is -1.61. The molecule has 1 N–H and O–H groups in total. The lowest BCUT2D eigenvalue weighted by molar-refractivity contribution is -0.136. The van der Waals surface area contributed by atoms with Crippen LogP contribution in [0.25, 0.3) is 0 Å². The second-order valence-corrected chi connectivity index (χ2v) is 5.70. The highest BCUT2D eigenvalue weighted by Crippen LogP contribution is 2.27. The van der Waals surface area contributed by atoms with E-state index < -0.39 is 22.0 Å². The molecule has 0 fully saturated rings. The molecule has 0 aromatic heterocycles. The number of carboxylic acids is 1. The summed E-state index contributed by atoms with van der Waals surface area (Å²) in [6, 6.07) is 15.8. The third-order valence-electron chi connectivity index (χ3n) is 2.85. The molecule has 0 aliphatic carbocycles. The van der Waals surface area contributed by atoms with Crippen molar-refractivity contribution >= 4 is 16.8 Å². The van der Waals surface area contributed by atoms with E-state index in [0.717, 1.165) is 5.56 Å². The predicted octanol–water partition coefficient (Wildman–Crippen LogP) is 2.93. The number of carboxylic acid groups (broad SMARTS) is 1. The quantitative estimate of drug-likeness (QED) is 0.932. The molecule has 0 saturated carbocycles. The summed E-state index contributed by atoms with van der Waals surface area (Å²) in [6.07, 6.45) is 0. The number of hydrogen-bond acceptors (Lipinski definition) is 2. The van der Waals surface area contributed by atoms with Gasteiger partial charge in [-0.25, -0.2) is 0 Å². The fourth-order valence-corrected chi connectivity index (χ4v) is 3.33. The smallest absolute Gasteiger partial charge is 0.324 e. The molecule has 2 rings (SSSR count). The molecule has 0 heterocycles. The number of hydrogen-bond donors (Lipinski definition) is 1. The van der Waals surface area contributed by atoms with Crippen LogP contribution >= 0.6 is 0 Å². The van der Waals surface area contributed by atoms with Crippen molar-refractivity contribution < 1.29 is 14.1 Å². The zero-order chi connectivity index (χ0) is 13.8. The lowest BCUT2D eigenvalue weighted by Crippen LogP contribution is -2.17. The van der Waals surface area contributed by atoms with Gasteiger partial charge in [0.25, 0.3) is 0 Å². The van der Waals surface area contributed by atoms with Gasteiger partial charge in [0, 0.05) is 4.90 Å². The Balaban J connectivity index is 2.44. The molecule has 4 heteroatoms. The van der Waals surface area contributed by atoms with Crippen molar-refractivity contribution in [2.75, 3.05) is 0 Å². The van der Waals surface area contributed by atoms with Gasteiger partial charge in [-0.3, -0.25) is 9.00 Å². The largest absolute Gasteiger partial charge is 0.480 e. The van der Waals surface area contributed by atoms with Crippen LogP contribution in [0, 0.1) is 6.92 Å². The molecule has 0 radical (unpaired) electrons. The maximum Gasteiger partial charge on any atom is 0.324 e. The van der Waals surface area contributed by atoms with E-state index in [9.17, 15) is 14.1 Å². The Bertz CT molecular complexity index is 608. The molecule has 0 aliphatic rings. The van der Waals surface area contributed by atoms with Crippen LogP contribution in [0.1, 0.15) is 16.4 Å². The molecule has 0 bridgehead atoms. The lowest BCUT2D eigenvalue weighted by atomic mass is 10.1. The summed E-state index contributed by atoms with van der Waals surface area (Å²) < 4.78 is 12.5. The summed E-state index contributed by atoms with van der Waals surface area (Å²) >= 11 is 0. The Hall–Kier alpha value is -1.94. The SMILES string of the molecule is Cc1ccccc1S(=O)C(C(=O)O)c1ccccc1. The highest BCUT2D eigenvalue weighted by atomic mass is 32.2. The fourth-order valence-electron chi connectivity index (χ4n) is 1.89. The van der Waals surface area contributed by atoms with Gasteiger partial charge < -0.3 is 5.11 Å². The molecule has 0 aliphatic heterocycles. The van der Waals surface area contributed by atoms with Gasteiger partial charge in [-0.05, 0) is 24.1 Å². The summed E-state index contributed by atoms with van der Waals surface area (Å²) in [6.45, 7) is 1.83. The van der Waals surface area contributed by atoms with E-state index in [-0.39, 0.29) is 0 Å². The first kappa shape index (κ1) is 13.5. The van der Waals surface area contributed by atoms with Crippen LogP contribution in [0.5, 0.6) is 0 Å². The minimum Gasteiger partial charge on any atom is -0.480 e. The number of aliphatic carboxylic acids is 1. The maximum atomic E-state index is 12.5. The summed E-state index contributed by atoms with van der Waals surface area (Å²) in [5, 5.41) is 8.32. The van der Waals surface area contributed by atoms with Gasteiger partial charge in [0.1, 0.15) is 0 Å². The van der Waals surface area contributed by atoms with Crippen molar-refractivity contribution in [3.05, 3.63) is 65.7 Å². The van der Waals surface area contributed by atoms with Gasteiger partial charge in [-0.2, -0.15) is 0 Å². The standard InChI is InChI=1S/C15H14O3S/c1-11-7-5-6-10-13(11)19(18)14(15(16)17)12-8-3-2-4-9-12/h2-10,14H,1H3,(H,16,17). The second-order valence-electron chi connectivity index (χ2n) is 4.19. The van der Waals surface area contributed by atoms with Gasteiger partial charge in [-0.15, -0.1) is 0 Å². The number of benzene rings is 2. The average molecular weight is 274 g/mol. The first-order valence-electron chi connectivity index (χ1n) is 5.85. The van der Waals surface area contributed by atoms with Crippen molar-refractivity contribution in [3.8, 4) is 0 Å². The molecule has 2 aromatic carbocycles. The lowest BCUT2D eigenvalue weighted by Gasteiger charge is -2.14. The van der Waals surface area contributed by atoms with Crippen LogP contribution in [0.15, 0.2) is 59.5 Å². The highest BCUT2D eigenvalue weighted by Gasteiger charge is 2.28. The van der Waals surface area contributed by atoms with Gasteiger partial charge in [0.2, 0.25) is 0 Å². The van der Waals surface area contributed by atoms with E-state index >= 15 is 0 Å². The van der Waals surface area contributed by atoms with Gasteiger partial charge in [-0.1, -0.05) is 48.5 Å². The van der Waals surface area contributed by atoms with E-state index in [4.69, 9.17) is 0 Å². The van der Waals surface area contributed by atoms with Crippen molar-refractivity contribution in [2.24, 2.45) is 0 Å². The van der Waals surface area contributed by atoms with Crippen molar-refractivity contribution in [1.82, 2.24) is 0 Å². The Kier molecular flexibility index (Phi) is 4.12. The topological polar surface area (TPSA) is 54.4 Å². The first-order chi connectivity index (χ1) is 9.11. The monoisotopic (exact) mass is 274 g/mol. The first-order valence-corrected chi connectivity index (χ1v) is 7.06. The fraction of sp³-hybridized carbons (Fsp3) is 0.133. The summed E-state index contributed by atoms with van der Waals surface area (Å²) in [4.78, 5) is 12.0. The second kappa shape index (κ2) is 5.80. The van der Waals surface area contributed by atoms with Crippen LogP contribution in [-0.4, -0.2) is 15.3 Å². The summed E-state index contributed by atoms with van der Waals surface area (Å²) in [5.74, 6) is -1.08. The molecule has 98 valence electrons. The average Bonchev–Trinajstić information content (AvgIpc) is 2.40. The number of aryl methyl sites for hydroxylation is 1. The normalized spacial score (nSPS) is 13.7. The van der Waals surface area contributed by atoms with Crippen LogP contribution in [0.2, 0.25) is 0 Å². The molecule has 2 aromatic rings. The molecular weight excluding hydrogens is 260 g/mol. The summed E-state index contributed by atoms with van der Waals surface area (Å²) in [5.41, 5.74) is 1.39. The van der Waals surface area contributed by atoms with Gasteiger partial charge in [0.15, 0.2) is 5.25 Å². The van der Waals surface area contributed by atoms with E-state index in [1.165, 1.54) is 0 Å². The van der Waals surface area contributed by atoms with E-state index in [1.54, 1.807) is 42.5 Å². The molecule has 3 nitrogen and oxygen atoms in total. The number of carbonyl (C=O) groups is 1. The zero-order valence-corrected chi connectivity index (χ0v) is 11.3. The molecule has 0 saturated heterocycles. The van der Waals surface area contributed by atoms with Crippen LogP contribution < -0.4 is 0 Å². The van der Waals surface area contributed by atoms with Gasteiger partial charge >= 0.3 is 5.97 Å². The van der Waals surface area contributed by atoms with Crippen molar-refractivity contribution in [3.63, 3.8) is 0 Å². The van der Waals surface area contributed by atoms with Gasteiger partial charge in [0.05, 0.1) is 10.8 Å². The zero-order valence-electron chi connectivity index (χ0n) is 10.4. The Morgan fingerprint density at radius 1 is 1.05 bits per heavy atom. The maximum absolute atomic E-state index is 12.5. The third-order valence-corrected chi connectivity index (χ3v) is 4.64. The Morgan fingerprint density at radius 2 is 1.63 bits per heavy atom. The predicted molar refractivity (Wildman–Crippen MR) is 74.4 cm³/mol. The third kappa shape index (κ3) is 2.90.